The summed E-state index contributed by atoms with van der Waals surface area (Å²) in [5.74, 6) is 0.101. The summed E-state index contributed by atoms with van der Waals surface area (Å²) >= 11 is 0. The van der Waals surface area contributed by atoms with Crippen LogP contribution >= 0.6 is 0 Å². The highest BCUT2D eigenvalue weighted by Crippen LogP contribution is 2.08. The van der Waals surface area contributed by atoms with Crippen LogP contribution in [0.3, 0.4) is 0 Å². The van der Waals surface area contributed by atoms with Gasteiger partial charge in [0.15, 0.2) is 0 Å². The molecule has 4 heteroatoms. The number of amides is 1. The molecule has 1 aliphatic heterocycles. The molecule has 1 amide bonds. The second kappa shape index (κ2) is 6.80. The Morgan fingerprint density at radius 1 is 1.60 bits per heavy atom. The Morgan fingerprint density at radius 3 is 3.07 bits per heavy atom. The molecule has 1 fully saturated rings. The summed E-state index contributed by atoms with van der Waals surface area (Å²) in [6, 6.07) is 0.669. The summed E-state index contributed by atoms with van der Waals surface area (Å²) < 4.78 is 5.14. The maximum atomic E-state index is 11.5. The third-order valence-corrected chi connectivity index (χ3v) is 2.79. The Kier molecular flexibility index (Phi) is 5.65. The van der Waals surface area contributed by atoms with Gasteiger partial charge in [0.1, 0.15) is 0 Å². The molecule has 0 aromatic heterocycles. The molecule has 0 radical (unpaired) electrons. The van der Waals surface area contributed by atoms with Crippen LogP contribution in [0.2, 0.25) is 0 Å². The molecular weight excluding hydrogens is 192 g/mol. The maximum absolute atomic E-state index is 11.5. The topological polar surface area (TPSA) is 50.4 Å². The normalized spacial score (nSPS) is 26.3. The highest BCUT2D eigenvalue weighted by atomic mass is 16.5. The minimum Gasteiger partial charge on any atom is -0.381 e. The molecule has 0 saturated carbocycles. The van der Waals surface area contributed by atoms with Crippen LogP contribution in [-0.2, 0) is 9.53 Å². The van der Waals surface area contributed by atoms with Crippen LogP contribution in [-0.4, -0.2) is 37.7 Å². The summed E-state index contributed by atoms with van der Waals surface area (Å²) in [5.41, 5.74) is 0. The molecule has 1 aliphatic rings. The molecule has 4 nitrogen and oxygen atoms in total. The van der Waals surface area contributed by atoms with E-state index in [1.807, 2.05) is 6.92 Å². The fraction of sp³-hybridized carbons (Fsp3) is 0.909. The summed E-state index contributed by atoms with van der Waals surface area (Å²) in [7, 11) is 0. The van der Waals surface area contributed by atoms with E-state index in [2.05, 4.69) is 17.6 Å². The van der Waals surface area contributed by atoms with Gasteiger partial charge in [0, 0.05) is 25.1 Å². The molecule has 2 unspecified atom stereocenters. The Bertz CT molecular complexity index is 197. The largest absolute Gasteiger partial charge is 0.381 e. The smallest absolute Gasteiger partial charge is 0.222 e. The van der Waals surface area contributed by atoms with E-state index in [-0.39, 0.29) is 11.9 Å². The lowest BCUT2D eigenvalue weighted by molar-refractivity contribution is -0.123. The number of carbonyl (C=O) groups excluding carboxylic acids is 1. The number of rotatable bonds is 5. The monoisotopic (exact) mass is 214 g/mol. The van der Waals surface area contributed by atoms with E-state index in [0.717, 1.165) is 19.4 Å². The summed E-state index contributed by atoms with van der Waals surface area (Å²) in [4.78, 5) is 11.5. The summed E-state index contributed by atoms with van der Waals surface area (Å²) in [5, 5.41) is 6.40. The van der Waals surface area contributed by atoms with Gasteiger partial charge in [-0.25, -0.2) is 0 Å². The Hall–Kier alpha value is -0.610. The van der Waals surface area contributed by atoms with Gasteiger partial charge in [0.25, 0.3) is 0 Å². The molecule has 15 heavy (non-hydrogen) atoms. The summed E-state index contributed by atoms with van der Waals surface area (Å²) in [6.07, 6.45) is 2.69. The lowest BCUT2D eigenvalue weighted by atomic mass is 10.00. The average molecular weight is 214 g/mol. The molecule has 88 valence electrons. The van der Waals surface area contributed by atoms with Crippen molar-refractivity contribution in [1.82, 2.24) is 10.6 Å². The summed E-state index contributed by atoms with van der Waals surface area (Å²) in [6.45, 7) is 6.32. The predicted octanol–water partition coefficient (Wildman–Crippen LogP) is 0.670. The minimum absolute atomic E-state index is 0.101. The van der Waals surface area contributed by atoms with Gasteiger partial charge in [0.2, 0.25) is 5.91 Å². The van der Waals surface area contributed by atoms with Gasteiger partial charge in [0.05, 0.1) is 6.61 Å². The molecule has 0 spiro atoms. The quantitative estimate of drug-likeness (QED) is 0.661. The van der Waals surface area contributed by atoms with Gasteiger partial charge < -0.3 is 15.4 Å². The van der Waals surface area contributed by atoms with Crippen molar-refractivity contribution in [2.45, 2.75) is 45.2 Å². The number of ether oxygens (including phenoxy) is 1. The fourth-order valence-electron chi connectivity index (χ4n) is 1.83. The average Bonchev–Trinajstić information content (AvgIpc) is 2.22. The maximum Gasteiger partial charge on any atom is 0.222 e. The van der Waals surface area contributed by atoms with Crippen molar-refractivity contribution < 1.29 is 9.53 Å². The first-order chi connectivity index (χ1) is 7.24. The molecule has 0 aromatic carbocycles. The third-order valence-electron chi connectivity index (χ3n) is 2.79. The first kappa shape index (κ1) is 12.5. The molecular formula is C11H22N2O2. The second-order valence-corrected chi connectivity index (χ2v) is 4.01. The van der Waals surface area contributed by atoms with E-state index in [1.54, 1.807) is 0 Å². The van der Waals surface area contributed by atoms with Gasteiger partial charge in [-0.1, -0.05) is 0 Å². The van der Waals surface area contributed by atoms with Crippen molar-refractivity contribution in [2.75, 3.05) is 19.8 Å². The van der Waals surface area contributed by atoms with E-state index >= 15 is 0 Å². The van der Waals surface area contributed by atoms with Gasteiger partial charge in [-0.3, -0.25) is 4.79 Å². The van der Waals surface area contributed by atoms with Crippen LogP contribution in [0.1, 0.15) is 33.1 Å². The van der Waals surface area contributed by atoms with Crippen LogP contribution in [0, 0.1) is 0 Å². The van der Waals surface area contributed by atoms with Crippen LogP contribution in [0.25, 0.3) is 0 Å². The molecule has 0 bridgehead atoms. The molecule has 2 atom stereocenters. The van der Waals surface area contributed by atoms with Crippen molar-refractivity contribution in [1.29, 1.82) is 0 Å². The fourth-order valence-corrected chi connectivity index (χ4v) is 1.83. The number of piperidine rings is 1. The molecule has 0 aromatic rings. The Balaban J connectivity index is 2.18. The zero-order valence-electron chi connectivity index (χ0n) is 9.71. The highest BCUT2D eigenvalue weighted by Gasteiger charge is 2.21. The van der Waals surface area contributed by atoms with Crippen molar-refractivity contribution in [2.24, 2.45) is 0 Å². The van der Waals surface area contributed by atoms with Crippen LogP contribution in [0.15, 0.2) is 0 Å². The molecule has 1 saturated heterocycles. The van der Waals surface area contributed by atoms with E-state index in [4.69, 9.17) is 4.74 Å². The highest BCUT2D eigenvalue weighted by molar-refractivity contribution is 5.76. The van der Waals surface area contributed by atoms with Crippen LogP contribution < -0.4 is 10.6 Å². The van der Waals surface area contributed by atoms with Gasteiger partial charge in [-0.2, -0.15) is 0 Å². The standard InChI is InChI=1S/C11H22N2O2/c1-3-15-8-6-11(14)13-10-5-4-7-12-9(10)2/h9-10,12H,3-8H2,1-2H3,(H,13,14). The first-order valence-electron chi connectivity index (χ1n) is 5.84. The van der Waals surface area contributed by atoms with Crippen molar-refractivity contribution in [3.8, 4) is 0 Å². The third kappa shape index (κ3) is 4.62. The predicted molar refractivity (Wildman–Crippen MR) is 59.7 cm³/mol. The zero-order valence-corrected chi connectivity index (χ0v) is 9.71. The van der Waals surface area contributed by atoms with E-state index < -0.39 is 0 Å². The number of hydrogen-bond donors (Lipinski definition) is 2. The molecule has 1 heterocycles. The van der Waals surface area contributed by atoms with Gasteiger partial charge in [-0.05, 0) is 33.2 Å². The Labute approximate surface area is 91.8 Å². The lowest BCUT2D eigenvalue weighted by Crippen LogP contribution is -2.52. The van der Waals surface area contributed by atoms with E-state index in [0.29, 0.717) is 25.7 Å². The number of carbonyl (C=O) groups is 1. The van der Waals surface area contributed by atoms with Crippen molar-refractivity contribution in [3.63, 3.8) is 0 Å². The van der Waals surface area contributed by atoms with Crippen molar-refractivity contribution in [3.05, 3.63) is 0 Å². The van der Waals surface area contributed by atoms with E-state index in [9.17, 15) is 4.79 Å². The van der Waals surface area contributed by atoms with E-state index in [1.165, 1.54) is 0 Å². The van der Waals surface area contributed by atoms with Crippen molar-refractivity contribution >= 4 is 5.91 Å². The van der Waals surface area contributed by atoms with Gasteiger partial charge >= 0.3 is 0 Å². The minimum atomic E-state index is 0.101. The molecule has 2 N–H and O–H groups in total. The van der Waals surface area contributed by atoms with Gasteiger partial charge in [-0.15, -0.1) is 0 Å². The molecule has 1 rings (SSSR count). The SMILES string of the molecule is CCOCCC(=O)NC1CCCNC1C. The first-order valence-corrected chi connectivity index (χ1v) is 5.84. The number of nitrogens with one attached hydrogen (secondary N) is 2. The molecule has 0 aliphatic carbocycles. The lowest BCUT2D eigenvalue weighted by Gasteiger charge is -2.30. The Morgan fingerprint density at radius 2 is 2.40 bits per heavy atom. The number of hydrogen-bond acceptors (Lipinski definition) is 3. The second-order valence-electron chi connectivity index (χ2n) is 4.01. The van der Waals surface area contributed by atoms with Crippen LogP contribution in [0.5, 0.6) is 0 Å². The zero-order chi connectivity index (χ0) is 11.1. The van der Waals surface area contributed by atoms with Crippen LogP contribution in [0.4, 0.5) is 0 Å².